The van der Waals surface area contributed by atoms with E-state index >= 15 is 0 Å². The molecule has 2 rings (SSSR count). The van der Waals surface area contributed by atoms with E-state index in [-0.39, 0.29) is 12.5 Å². The smallest absolute Gasteiger partial charge is 0.262 e. The summed E-state index contributed by atoms with van der Waals surface area (Å²) >= 11 is 2.89. The van der Waals surface area contributed by atoms with Gasteiger partial charge in [0.2, 0.25) is 0 Å². The van der Waals surface area contributed by atoms with Crippen LogP contribution in [-0.2, 0) is 6.54 Å². The number of aromatic nitrogens is 1. The van der Waals surface area contributed by atoms with Crippen LogP contribution in [0.2, 0.25) is 0 Å². The molecule has 0 spiro atoms. The van der Waals surface area contributed by atoms with Gasteiger partial charge < -0.3 is 10.4 Å². The molecule has 98 valence electrons. The Labute approximate surface area is 119 Å². The third-order valence-electron chi connectivity index (χ3n) is 2.27. The number of nitrogens with one attached hydrogen (secondary N) is 1. The van der Waals surface area contributed by atoms with Gasteiger partial charge in [0.1, 0.15) is 11.5 Å². The number of thiophene rings is 1. The lowest BCUT2D eigenvalue weighted by atomic mass is 10.2. The van der Waals surface area contributed by atoms with Crippen molar-refractivity contribution in [2.75, 3.05) is 6.61 Å². The summed E-state index contributed by atoms with van der Waals surface area (Å²) in [7, 11) is 0. The van der Waals surface area contributed by atoms with Gasteiger partial charge in [0, 0.05) is 10.9 Å². The van der Waals surface area contributed by atoms with Crippen molar-refractivity contribution in [2.45, 2.75) is 13.5 Å². The molecule has 0 radical (unpaired) electrons. The van der Waals surface area contributed by atoms with Crippen LogP contribution in [0, 0.1) is 18.8 Å². The highest BCUT2D eigenvalue weighted by molar-refractivity contribution is 7.12. The van der Waals surface area contributed by atoms with Crippen LogP contribution in [0.5, 0.6) is 0 Å². The van der Waals surface area contributed by atoms with E-state index in [1.807, 2.05) is 17.7 Å². The maximum atomic E-state index is 12.0. The molecule has 4 nitrogen and oxygen atoms in total. The standard InChI is InChI=1S/C13H12N2O2S2/c1-9-15-11(8-19-9)7-14-13(17)12-10(3-2-5-16)4-6-18-12/h4,6,8,16H,5,7H2,1H3,(H,14,17). The summed E-state index contributed by atoms with van der Waals surface area (Å²) in [6, 6.07) is 1.77. The molecule has 0 aliphatic rings. The van der Waals surface area contributed by atoms with E-state index in [1.165, 1.54) is 11.3 Å². The molecule has 1 amide bonds. The molecule has 19 heavy (non-hydrogen) atoms. The number of nitrogens with zero attached hydrogens (tertiary/aromatic N) is 1. The maximum absolute atomic E-state index is 12.0. The number of hydrogen-bond donors (Lipinski definition) is 2. The van der Waals surface area contributed by atoms with Gasteiger partial charge in [-0.2, -0.15) is 0 Å². The van der Waals surface area contributed by atoms with Gasteiger partial charge in [0.25, 0.3) is 5.91 Å². The van der Waals surface area contributed by atoms with Crippen molar-refractivity contribution in [3.05, 3.63) is 38.0 Å². The zero-order valence-corrected chi connectivity index (χ0v) is 11.9. The van der Waals surface area contributed by atoms with Gasteiger partial charge in [-0.25, -0.2) is 4.98 Å². The second-order valence-electron chi connectivity index (χ2n) is 3.66. The second-order valence-corrected chi connectivity index (χ2v) is 5.64. The van der Waals surface area contributed by atoms with Crippen LogP contribution in [0.3, 0.4) is 0 Å². The predicted octanol–water partition coefficient (Wildman–Crippen LogP) is 1.79. The quantitative estimate of drug-likeness (QED) is 0.848. The molecule has 2 N–H and O–H groups in total. The van der Waals surface area contributed by atoms with Gasteiger partial charge in [-0.3, -0.25) is 4.79 Å². The number of aryl methyl sites for hydroxylation is 1. The number of carbonyl (C=O) groups is 1. The molecular weight excluding hydrogens is 280 g/mol. The van der Waals surface area contributed by atoms with E-state index in [1.54, 1.807) is 17.4 Å². The van der Waals surface area contributed by atoms with Crippen LogP contribution in [0.4, 0.5) is 0 Å². The minimum atomic E-state index is -0.213. The monoisotopic (exact) mass is 292 g/mol. The minimum Gasteiger partial charge on any atom is -0.384 e. The fourth-order valence-electron chi connectivity index (χ4n) is 1.46. The second kappa shape index (κ2) is 6.48. The van der Waals surface area contributed by atoms with Gasteiger partial charge in [-0.05, 0) is 18.4 Å². The Balaban J connectivity index is 2.02. The van der Waals surface area contributed by atoms with Crippen molar-refractivity contribution >= 4 is 28.6 Å². The summed E-state index contributed by atoms with van der Waals surface area (Å²) in [6.45, 7) is 2.13. The molecule has 2 heterocycles. The fourth-order valence-corrected chi connectivity index (χ4v) is 2.84. The van der Waals surface area contributed by atoms with Gasteiger partial charge in [-0.1, -0.05) is 11.8 Å². The van der Waals surface area contributed by atoms with Crippen molar-refractivity contribution in [3.8, 4) is 11.8 Å². The molecule has 2 aromatic rings. The Morgan fingerprint density at radius 1 is 1.53 bits per heavy atom. The number of rotatable bonds is 3. The predicted molar refractivity (Wildman–Crippen MR) is 76.3 cm³/mol. The number of carbonyl (C=O) groups excluding carboxylic acids is 1. The highest BCUT2D eigenvalue weighted by Crippen LogP contribution is 2.16. The average molecular weight is 292 g/mol. The van der Waals surface area contributed by atoms with E-state index in [0.29, 0.717) is 17.0 Å². The van der Waals surface area contributed by atoms with Crippen molar-refractivity contribution in [2.24, 2.45) is 0 Å². The van der Waals surface area contributed by atoms with Crippen molar-refractivity contribution < 1.29 is 9.90 Å². The van der Waals surface area contributed by atoms with Crippen molar-refractivity contribution in [3.63, 3.8) is 0 Å². The van der Waals surface area contributed by atoms with E-state index in [9.17, 15) is 4.79 Å². The largest absolute Gasteiger partial charge is 0.384 e. The Kier molecular flexibility index (Phi) is 4.68. The first-order valence-electron chi connectivity index (χ1n) is 5.57. The van der Waals surface area contributed by atoms with Gasteiger partial charge >= 0.3 is 0 Å². The Morgan fingerprint density at radius 2 is 2.37 bits per heavy atom. The molecule has 0 aliphatic heterocycles. The van der Waals surface area contributed by atoms with E-state index in [4.69, 9.17) is 5.11 Å². The van der Waals surface area contributed by atoms with Crippen LogP contribution >= 0.6 is 22.7 Å². The third-order valence-corrected chi connectivity index (χ3v) is 4.01. The minimum absolute atomic E-state index is 0.164. The van der Waals surface area contributed by atoms with Crippen molar-refractivity contribution in [1.29, 1.82) is 0 Å². The normalized spacial score (nSPS) is 9.79. The SMILES string of the molecule is Cc1nc(CNC(=O)c2sccc2C#CCO)cs1. The molecule has 0 aliphatic carbocycles. The summed E-state index contributed by atoms with van der Waals surface area (Å²) in [6.07, 6.45) is 0. The molecule has 0 unspecified atom stereocenters. The lowest BCUT2D eigenvalue weighted by Crippen LogP contribution is -2.22. The molecule has 0 saturated heterocycles. The summed E-state index contributed by atoms with van der Waals surface area (Å²) < 4.78 is 0. The van der Waals surface area contributed by atoms with E-state index in [0.717, 1.165) is 10.7 Å². The summed E-state index contributed by atoms with van der Waals surface area (Å²) in [5, 5.41) is 16.2. The Morgan fingerprint density at radius 3 is 3.05 bits per heavy atom. The lowest BCUT2D eigenvalue weighted by molar-refractivity contribution is 0.0954. The third kappa shape index (κ3) is 3.64. The first-order valence-corrected chi connectivity index (χ1v) is 7.33. The zero-order chi connectivity index (χ0) is 13.7. The van der Waals surface area contributed by atoms with E-state index < -0.39 is 0 Å². The first kappa shape index (κ1) is 13.7. The number of hydrogen-bond acceptors (Lipinski definition) is 5. The molecule has 0 bridgehead atoms. The van der Waals surface area contributed by atoms with Gasteiger partial charge in [0.15, 0.2) is 0 Å². The Bertz CT molecular complexity index is 634. The maximum Gasteiger partial charge on any atom is 0.262 e. The molecule has 0 aromatic carbocycles. The Hall–Kier alpha value is -1.68. The summed E-state index contributed by atoms with van der Waals surface area (Å²) in [5.41, 5.74) is 1.50. The summed E-state index contributed by atoms with van der Waals surface area (Å²) in [5.74, 6) is 5.14. The fraction of sp³-hybridized carbons (Fsp3) is 0.231. The van der Waals surface area contributed by atoms with Gasteiger partial charge in [0.05, 0.1) is 17.2 Å². The van der Waals surface area contributed by atoms with Crippen LogP contribution in [-0.4, -0.2) is 22.6 Å². The number of aliphatic hydroxyl groups is 1. The molecule has 0 saturated carbocycles. The van der Waals surface area contributed by atoms with Crippen LogP contribution in [0.15, 0.2) is 16.8 Å². The number of amides is 1. The van der Waals surface area contributed by atoms with Crippen LogP contribution in [0.1, 0.15) is 25.9 Å². The lowest BCUT2D eigenvalue weighted by Gasteiger charge is -2.01. The molecule has 0 fully saturated rings. The number of aliphatic hydroxyl groups excluding tert-OH is 1. The topological polar surface area (TPSA) is 62.2 Å². The average Bonchev–Trinajstić information content (AvgIpc) is 3.02. The molecule has 2 aromatic heterocycles. The molecule has 0 atom stereocenters. The summed E-state index contributed by atoms with van der Waals surface area (Å²) in [4.78, 5) is 16.9. The highest BCUT2D eigenvalue weighted by Gasteiger charge is 2.12. The van der Waals surface area contributed by atoms with Gasteiger partial charge in [-0.15, -0.1) is 22.7 Å². The van der Waals surface area contributed by atoms with Crippen LogP contribution < -0.4 is 5.32 Å². The number of thiazole rings is 1. The van der Waals surface area contributed by atoms with Crippen LogP contribution in [0.25, 0.3) is 0 Å². The van der Waals surface area contributed by atoms with Crippen molar-refractivity contribution in [1.82, 2.24) is 10.3 Å². The highest BCUT2D eigenvalue weighted by atomic mass is 32.1. The first-order chi connectivity index (χ1) is 9.20. The molecule has 6 heteroatoms. The zero-order valence-electron chi connectivity index (χ0n) is 10.3. The molecular formula is C13H12N2O2S2. The van der Waals surface area contributed by atoms with E-state index in [2.05, 4.69) is 22.1 Å².